The van der Waals surface area contributed by atoms with Gasteiger partial charge < -0.3 is 19.3 Å². The molecule has 3 rings (SSSR count). The quantitative estimate of drug-likeness (QED) is 0.898. The van der Waals surface area contributed by atoms with E-state index in [1.165, 1.54) is 0 Å². The number of carboxylic acid groups (broad SMARTS) is 1. The standard InChI is InChI=1S/C15H16N2O4/c1-16-6-5-10-11(3-2-4-12(10)16)14(18)17-7-8-21-13(9-17)15(19)20/h2-6,13H,7-9H2,1H3,(H,19,20)/t13-/m0/s1. The van der Waals surface area contributed by atoms with Crippen LogP contribution in [0.4, 0.5) is 0 Å². The molecule has 0 unspecified atom stereocenters. The van der Waals surface area contributed by atoms with Gasteiger partial charge in [0.15, 0.2) is 6.10 Å². The molecular formula is C15H16N2O4. The van der Waals surface area contributed by atoms with E-state index in [9.17, 15) is 9.59 Å². The van der Waals surface area contributed by atoms with Crippen molar-refractivity contribution in [3.63, 3.8) is 0 Å². The van der Waals surface area contributed by atoms with E-state index in [0.717, 1.165) is 10.9 Å². The van der Waals surface area contributed by atoms with E-state index in [1.807, 2.05) is 36.0 Å². The highest BCUT2D eigenvalue weighted by Gasteiger charge is 2.30. The van der Waals surface area contributed by atoms with Gasteiger partial charge >= 0.3 is 5.97 Å². The predicted octanol–water partition coefficient (Wildman–Crippen LogP) is 1.10. The number of rotatable bonds is 2. The molecule has 1 fully saturated rings. The van der Waals surface area contributed by atoms with Crippen LogP contribution in [-0.2, 0) is 16.6 Å². The minimum Gasteiger partial charge on any atom is -0.479 e. The lowest BCUT2D eigenvalue weighted by Crippen LogP contribution is -2.48. The lowest BCUT2D eigenvalue weighted by Gasteiger charge is -2.31. The Labute approximate surface area is 121 Å². The third kappa shape index (κ3) is 2.38. The van der Waals surface area contributed by atoms with E-state index >= 15 is 0 Å². The molecule has 0 spiro atoms. The van der Waals surface area contributed by atoms with Gasteiger partial charge in [-0.25, -0.2) is 4.79 Å². The SMILES string of the molecule is Cn1ccc2c(C(=O)N3CCO[C@H](C(=O)O)C3)cccc21. The maximum Gasteiger partial charge on any atom is 0.334 e. The van der Waals surface area contributed by atoms with Gasteiger partial charge in [-0.05, 0) is 18.2 Å². The summed E-state index contributed by atoms with van der Waals surface area (Å²) in [6.45, 7) is 0.733. The van der Waals surface area contributed by atoms with Crippen LogP contribution in [0.1, 0.15) is 10.4 Å². The number of aliphatic carboxylic acids is 1. The second-order valence-corrected chi connectivity index (χ2v) is 5.11. The van der Waals surface area contributed by atoms with E-state index in [-0.39, 0.29) is 19.1 Å². The molecule has 0 aliphatic carbocycles. The zero-order chi connectivity index (χ0) is 15.0. The topological polar surface area (TPSA) is 71.8 Å². The Morgan fingerprint density at radius 3 is 2.90 bits per heavy atom. The molecule has 110 valence electrons. The summed E-state index contributed by atoms with van der Waals surface area (Å²) in [6.07, 6.45) is 0.957. The Bertz CT molecular complexity index is 707. The van der Waals surface area contributed by atoms with Gasteiger partial charge in [0.1, 0.15) is 0 Å². The highest BCUT2D eigenvalue weighted by molar-refractivity contribution is 6.06. The molecule has 1 N–H and O–H groups in total. The number of nitrogens with zero attached hydrogens (tertiary/aromatic N) is 2. The minimum absolute atomic E-state index is 0.0807. The number of fused-ring (bicyclic) bond motifs is 1. The summed E-state index contributed by atoms with van der Waals surface area (Å²) < 4.78 is 7.10. The van der Waals surface area contributed by atoms with Crippen molar-refractivity contribution < 1.29 is 19.4 Å². The molecule has 0 radical (unpaired) electrons. The van der Waals surface area contributed by atoms with Crippen molar-refractivity contribution in [3.05, 3.63) is 36.0 Å². The smallest absolute Gasteiger partial charge is 0.334 e. The molecule has 0 bridgehead atoms. The van der Waals surface area contributed by atoms with Crippen LogP contribution in [-0.4, -0.2) is 52.3 Å². The Morgan fingerprint density at radius 2 is 2.14 bits per heavy atom. The first-order chi connectivity index (χ1) is 10.1. The number of aromatic nitrogens is 1. The summed E-state index contributed by atoms with van der Waals surface area (Å²) in [7, 11) is 1.92. The largest absolute Gasteiger partial charge is 0.479 e. The van der Waals surface area contributed by atoms with Crippen LogP contribution in [0.15, 0.2) is 30.5 Å². The van der Waals surface area contributed by atoms with Crippen molar-refractivity contribution in [3.8, 4) is 0 Å². The summed E-state index contributed by atoms with van der Waals surface area (Å²) in [6, 6.07) is 7.46. The lowest BCUT2D eigenvalue weighted by atomic mass is 10.1. The van der Waals surface area contributed by atoms with Crippen LogP contribution in [0.2, 0.25) is 0 Å². The van der Waals surface area contributed by atoms with Crippen LogP contribution in [0.25, 0.3) is 10.9 Å². The number of morpholine rings is 1. The molecule has 1 saturated heterocycles. The van der Waals surface area contributed by atoms with Gasteiger partial charge in [0.25, 0.3) is 5.91 Å². The third-order valence-electron chi connectivity index (χ3n) is 3.79. The second kappa shape index (κ2) is 5.21. The number of carboxylic acids is 1. The van der Waals surface area contributed by atoms with Gasteiger partial charge in [-0.1, -0.05) is 6.07 Å². The number of benzene rings is 1. The summed E-state index contributed by atoms with van der Waals surface area (Å²) in [5.74, 6) is -1.19. The number of ether oxygens (including phenoxy) is 1. The van der Waals surface area contributed by atoms with E-state index in [0.29, 0.717) is 12.1 Å². The number of amides is 1. The molecule has 2 aromatic rings. The molecule has 1 aliphatic rings. The third-order valence-corrected chi connectivity index (χ3v) is 3.79. The van der Waals surface area contributed by atoms with Crippen molar-refractivity contribution in [2.45, 2.75) is 6.10 Å². The van der Waals surface area contributed by atoms with Gasteiger partial charge in [-0.2, -0.15) is 0 Å². The van der Waals surface area contributed by atoms with Gasteiger partial charge in [0.2, 0.25) is 0 Å². The molecule has 1 aromatic carbocycles. The van der Waals surface area contributed by atoms with Crippen molar-refractivity contribution in [1.29, 1.82) is 0 Å². The predicted molar refractivity (Wildman–Crippen MR) is 76.2 cm³/mol. The molecule has 1 aliphatic heterocycles. The zero-order valence-electron chi connectivity index (χ0n) is 11.7. The van der Waals surface area contributed by atoms with E-state index < -0.39 is 12.1 Å². The van der Waals surface area contributed by atoms with Gasteiger partial charge in [-0.15, -0.1) is 0 Å². The molecule has 21 heavy (non-hydrogen) atoms. The Morgan fingerprint density at radius 1 is 1.33 bits per heavy atom. The normalized spacial score (nSPS) is 18.9. The van der Waals surface area contributed by atoms with E-state index in [4.69, 9.17) is 9.84 Å². The van der Waals surface area contributed by atoms with Crippen LogP contribution in [0.5, 0.6) is 0 Å². The fourth-order valence-electron chi connectivity index (χ4n) is 2.64. The number of carbonyl (C=O) groups excluding carboxylic acids is 1. The minimum atomic E-state index is -1.04. The average Bonchev–Trinajstić information content (AvgIpc) is 2.88. The number of carbonyl (C=O) groups is 2. The second-order valence-electron chi connectivity index (χ2n) is 5.11. The monoisotopic (exact) mass is 288 g/mol. The molecule has 1 atom stereocenters. The number of hydrogen-bond donors (Lipinski definition) is 1. The number of hydrogen-bond acceptors (Lipinski definition) is 3. The molecule has 0 saturated carbocycles. The van der Waals surface area contributed by atoms with Crippen LogP contribution in [0.3, 0.4) is 0 Å². The van der Waals surface area contributed by atoms with Crippen LogP contribution in [0, 0.1) is 0 Å². The van der Waals surface area contributed by atoms with Crippen molar-refractivity contribution in [2.75, 3.05) is 19.7 Å². The van der Waals surface area contributed by atoms with Crippen LogP contribution < -0.4 is 0 Å². The highest BCUT2D eigenvalue weighted by Crippen LogP contribution is 2.21. The first-order valence-electron chi connectivity index (χ1n) is 6.75. The maximum atomic E-state index is 12.7. The molecule has 6 heteroatoms. The first kappa shape index (κ1) is 13.6. The lowest BCUT2D eigenvalue weighted by molar-refractivity contribution is -0.154. The maximum absolute atomic E-state index is 12.7. The molecule has 1 aromatic heterocycles. The average molecular weight is 288 g/mol. The highest BCUT2D eigenvalue weighted by atomic mass is 16.5. The molecule has 1 amide bonds. The summed E-state index contributed by atoms with van der Waals surface area (Å²) in [5.41, 5.74) is 1.57. The van der Waals surface area contributed by atoms with Crippen LogP contribution >= 0.6 is 0 Å². The van der Waals surface area contributed by atoms with Crippen molar-refractivity contribution >= 4 is 22.8 Å². The Kier molecular flexibility index (Phi) is 3.39. The summed E-state index contributed by atoms with van der Waals surface area (Å²) >= 11 is 0. The molecule has 6 nitrogen and oxygen atoms in total. The fourth-order valence-corrected chi connectivity index (χ4v) is 2.64. The summed E-state index contributed by atoms with van der Waals surface area (Å²) in [5, 5.41) is 9.90. The molecular weight excluding hydrogens is 272 g/mol. The molecule has 2 heterocycles. The number of aryl methyl sites for hydroxylation is 1. The Hall–Kier alpha value is -2.34. The van der Waals surface area contributed by atoms with Gasteiger partial charge in [-0.3, -0.25) is 4.79 Å². The zero-order valence-corrected chi connectivity index (χ0v) is 11.7. The van der Waals surface area contributed by atoms with Gasteiger partial charge in [0.05, 0.1) is 13.2 Å². The first-order valence-corrected chi connectivity index (χ1v) is 6.75. The van der Waals surface area contributed by atoms with Crippen molar-refractivity contribution in [1.82, 2.24) is 9.47 Å². The summed E-state index contributed by atoms with van der Waals surface area (Å²) in [4.78, 5) is 25.2. The van der Waals surface area contributed by atoms with Gasteiger partial charge in [0, 0.05) is 36.3 Å². The van der Waals surface area contributed by atoms with E-state index in [1.54, 1.807) is 11.0 Å². The Balaban J connectivity index is 1.92. The fraction of sp³-hybridized carbons (Fsp3) is 0.333. The van der Waals surface area contributed by atoms with E-state index in [2.05, 4.69) is 0 Å². The van der Waals surface area contributed by atoms with Crippen molar-refractivity contribution in [2.24, 2.45) is 7.05 Å².